The molecule has 1 atom stereocenters. The number of hydrogen-bond donors (Lipinski definition) is 0. The van der Waals surface area contributed by atoms with Gasteiger partial charge >= 0.3 is 0 Å². The fourth-order valence-electron chi connectivity index (χ4n) is 3.99. The Morgan fingerprint density at radius 2 is 2.08 bits per heavy atom. The molecular formula is C19H24N4O. The zero-order valence-electron chi connectivity index (χ0n) is 14.0. The zero-order valence-corrected chi connectivity index (χ0v) is 14.0. The highest BCUT2D eigenvalue weighted by Crippen LogP contribution is 2.27. The van der Waals surface area contributed by atoms with Gasteiger partial charge in [-0.05, 0) is 49.9 Å². The van der Waals surface area contributed by atoms with E-state index in [1.807, 2.05) is 34.1 Å². The first-order valence-corrected chi connectivity index (χ1v) is 8.91. The Balaban J connectivity index is 1.44. The summed E-state index contributed by atoms with van der Waals surface area (Å²) in [6.45, 7) is 3.23. The second-order valence-electron chi connectivity index (χ2n) is 6.77. The van der Waals surface area contributed by atoms with Crippen LogP contribution in [0.15, 0.2) is 42.7 Å². The highest BCUT2D eigenvalue weighted by Gasteiger charge is 2.30. The standard InChI is InChI=1S/C19H24N4O/c24-19(23-13-3-7-16-6-1-2-9-18(16)23)15-21-11-4-8-17(21)14-22-12-5-10-20-22/h1-2,5-6,9-10,12,17H,3-4,7-8,11,13-15H2. The number of aromatic nitrogens is 2. The Bertz CT molecular complexity index is 697. The van der Waals surface area contributed by atoms with Crippen LogP contribution in [0.1, 0.15) is 24.8 Å². The molecule has 24 heavy (non-hydrogen) atoms. The van der Waals surface area contributed by atoms with Crippen LogP contribution in [-0.4, -0.2) is 46.3 Å². The fraction of sp³-hybridized carbons (Fsp3) is 0.474. The van der Waals surface area contributed by atoms with E-state index in [4.69, 9.17) is 0 Å². The summed E-state index contributed by atoms with van der Waals surface area (Å²) >= 11 is 0. The molecular weight excluding hydrogens is 300 g/mol. The first kappa shape index (κ1) is 15.4. The lowest BCUT2D eigenvalue weighted by Gasteiger charge is -2.32. The minimum absolute atomic E-state index is 0.231. The number of amides is 1. The van der Waals surface area contributed by atoms with Crippen LogP contribution in [0.25, 0.3) is 0 Å². The number of hydrogen-bond acceptors (Lipinski definition) is 3. The van der Waals surface area contributed by atoms with Crippen LogP contribution in [0, 0.1) is 0 Å². The molecule has 0 bridgehead atoms. The molecule has 126 valence electrons. The number of rotatable bonds is 4. The lowest BCUT2D eigenvalue weighted by Crippen LogP contribution is -2.45. The molecule has 1 aromatic carbocycles. The number of carbonyl (C=O) groups is 1. The molecule has 2 aliphatic rings. The number of benzene rings is 1. The molecule has 1 amide bonds. The van der Waals surface area contributed by atoms with Gasteiger partial charge in [-0.1, -0.05) is 18.2 Å². The van der Waals surface area contributed by atoms with Crippen molar-refractivity contribution in [2.75, 3.05) is 24.5 Å². The van der Waals surface area contributed by atoms with E-state index in [1.54, 1.807) is 0 Å². The summed E-state index contributed by atoms with van der Waals surface area (Å²) in [7, 11) is 0. The Kier molecular flexibility index (Phi) is 4.34. The predicted octanol–water partition coefficient (Wildman–Crippen LogP) is 2.33. The number of para-hydroxylation sites is 1. The molecule has 2 aliphatic heterocycles. The fourth-order valence-corrected chi connectivity index (χ4v) is 3.99. The van der Waals surface area contributed by atoms with Gasteiger partial charge in [-0.2, -0.15) is 5.10 Å². The van der Waals surface area contributed by atoms with Crippen molar-refractivity contribution in [3.63, 3.8) is 0 Å². The van der Waals surface area contributed by atoms with E-state index in [2.05, 4.69) is 28.2 Å². The summed E-state index contributed by atoms with van der Waals surface area (Å²) in [5.41, 5.74) is 2.41. The van der Waals surface area contributed by atoms with Crippen LogP contribution in [0.3, 0.4) is 0 Å². The van der Waals surface area contributed by atoms with Crippen LogP contribution >= 0.6 is 0 Å². The van der Waals surface area contributed by atoms with E-state index in [1.165, 1.54) is 5.56 Å². The van der Waals surface area contributed by atoms with Gasteiger partial charge in [0.05, 0.1) is 13.1 Å². The van der Waals surface area contributed by atoms with Gasteiger partial charge in [-0.15, -0.1) is 0 Å². The topological polar surface area (TPSA) is 41.4 Å². The average molecular weight is 324 g/mol. The number of carbonyl (C=O) groups excluding carboxylic acids is 1. The quantitative estimate of drug-likeness (QED) is 0.867. The molecule has 1 aromatic heterocycles. The maximum absolute atomic E-state index is 12.9. The molecule has 0 saturated carbocycles. The van der Waals surface area contributed by atoms with Gasteiger partial charge in [0.1, 0.15) is 0 Å². The van der Waals surface area contributed by atoms with Crippen LogP contribution in [0.4, 0.5) is 5.69 Å². The van der Waals surface area contributed by atoms with Gasteiger partial charge < -0.3 is 4.90 Å². The smallest absolute Gasteiger partial charge is 0.241 e. The first-order chi connectivity index (χ1) is 11.8. The molecule has 3 heterocycles. The Labute approximate surface area is 142 Å². The first-order valence-electron chi connectivity index (χ1n) is 8.91. The third-order valence-corrected chi connectivity index (χ3v) is 5.21. The monoisotopic (exact) mass is 324 g/mol. The van der Waals surface area contributed by atoms with E-state index >= 15 is 0 Å². The predicted molar refractivity (Wildman–Crippen MR) is 93.9 cm³/mol. The van der Waals surface area contributed by atoms with E-state index in [-0.39, 0.29) is 5.91 Å². The van der Waals surface area contributed by atoms with Gasteiger partial charge in [0.15, 0.2) is 0 Å². The van der Waals surface area contributed by atoms with Gasteiger partial charge in [0, 0.05) is 30.7 Å². The van der Waals surface area contributed by atoms with Crippen molar-refractivity contribution >= 4 is 11.6 Å². The molecule has 0 aliphatic carbocycles. The second-order valence-corrected chi connectivity index (χ2v) is 6.77. The van der Waals surface area contributed by atoms with Crippen molar-refractivity contribution in [3.8, 4) is 0 Å². The Morgan fingerprint density at radius 1 is 1.17 bits per heavy atom. The lowest BCUT2D eigenvalue weighted by atomic mass is 10.0. The molecule has 5 heteroatoms. The Hall–Kier alpha value is -2.14. The maximum atomic E-state index is 12.9. The van der Waals surface area contributed by atoms with E-state index < -0.39 is 0 Å². The summed E-state index contributed by atoms with van der Waals surface area (Å²) in [4.78, 5) is 17.2. The highest BCUT2D eigenvalue weighted by atomic mass is 16.2. The zero-order chi connectivity index (χ0) is 16.4. The summed E-state index contributed by atoms with van der Waals surface area (Å²) in [6, 6.07) is 10.7. The number of fused-ring (bicyclic) bond motifs is 1. The highest BCUT2D eigenvalue weighted by molar-refractivity contribution is 5.96. The molecule has 0 N–H and O–H groups in total. The number of aryl methyl sites for hydroxylation is 1. The van der Waals surface area contributed by atoms with Gasteiger partial charge in [-0.25, -0.2) is 0 Å². The minimum atomic E-state index is 0.231. The van der Waals surface area contributed by atoms with E-state index in [0.29, 0.717) is 12.6 Å². The van der Waals surface area contributed by atoms with Crippen molar-refractivity contribution in [1.29, 1.82) is 0 Å². The molecule has 4 rings (SSSR count). The number of nitrogens with zero attached hydrogens (tertiary/aromatic N) is 4. The molecule has 1 unspecified atom stereocenters. The summed E-state index contributed by atoms with van der Waals surface area (Å²) in [5.74, 6) is 0.231. The summed E-state index contributed by atoms with van der Waals surface area (Å²) < 4.78 is 1.98. The van der Waals surface area contributed by atoms with Crippen LogP contribution < -0.4 is 4.90 Å². The summed E-state index contributed by atoms with van der Waals surface area (Å²) in [5, 5.41) is 4.31. The number of likely N-dealkylation sites (tertiary alicyclic amines) is 1. The molecule has 2 aromatic rings. The molecule has 5 nitrogen and oxygen atoms in total. The van der Waals surface area contributed by atoms with Crippen LogP contribution in [-0.2, 0) is 17.8 Å². The van der Waals surface area contributed by atoms with E-state index in [0.717, 1.165) is 51.0 Å². The normalized spacial score (nSPS) is 21.0. The third kappa shape index (κ3) is 3.08. The van der Waals surface area contributed by atoms with Crippen molar-refractivity contribution in [3.05, 3.63) is 48.3 Å². The largest absolute Gasteiger partial charge is 0.311 e. The van der Waals surface area contributed by atoms with Crippen molar-refractivity contribution in [2.45, 2.75) is 38.3 Å². The molecule has 1 saturated heterocycles. The van der Waals surface area contributed by atoms with Crippen LogP contribution in [0.5, 0.6) is 0 Å². The maximum Gasteiger partial charge on any atom is 0.241 e. The third-order valence-electron chi connectivity index (χ3n) is 5.21. The molecule has 0 spiro atoms. The van der Waals surface area contributed by atoms with E-state index in [9.17, 15) is 4.79 Å². The second kappa shape index (κ2) is 6.77. The van der Waals surface area contributed by atoms with Crippen LogP contribution in [0.2, 0.25) is 0 Å². The molecule has 1 fully saturated rings. The lowest BCUT2D eigenvalue weighted by molar-refractivity contribution is -0.120. The van der Waals surface area contributed by atoms with Crippen molar-refractivity contribution < 1.29 is 4.79 Å². The summed E-state index contributed by atoms with van der Waals surface area (Å²) in [6.07, 6.45) is 8.25. The van der Waals surface area contributed by atoms with Crippen molar-refractivity contribution in [1.82, 2.24) is 14.7 Å². The van der Waals surface area contributed by atoms with Gasteiger partial charge in [0.25, 0.3) is 0 Å². The number of anilines is 1. The Morgan fingerprint density at radius 3 is 2.96 bits per heavy atom. The van der Waals surface area contributed by atoms with Crippen molar-refractivity contribution in [2.24, 2.45) is 0 Å². The minimum Gasteiger partial charge on any atom is -0.311 e. The molecule has 0 radical (unpaired) electrons. The van der Waals surface area contributed by atoms with Gasteiger partial charge in [-0.3, -0.25) is 14.4 Å². The average Bonchev–Trinajstić information content (AvgIpc) is 3.27. The SMILES string of the molecule is O=C(CN1CCCC1Cn1cccn1)N1CCCc2ccccc21. The van der Waals surface area contributed by atoms with Gasteiger partial charge in [0.2, 0.25) is 5.91 Å².